The number of nitrogens with one attached hydrogen (secondary N) is 2. The minimum Gasteiger partial charge on any atom is -0.380 e. The van der Waals surface area contributed by atoms with Gasteiger partial charge < -0.3 is 15.4 Å². The molecule has 0 aliphatic heterocycles. The van der Waals surface area contributed by atoms with E-state index in [0.29, 0.717) is 19.2 Å². The summed E-state index contributed by atoms with van der Waals surface area (Å²) < 4.78 is 31.2. The number of hydrogen-bond donors (Lipinski definition) is 2. The molecule has 0 fully saturated rings. The highest BCUT2D eigenvalue weighted by Crippen LogP contribution is 2.08. The quantitative estimate of drug-likeness (QED) is 0.806. The standard InChI is InChI=1S/C18H18F2N2O3/c1-25-11-13-4-2-3-12(5-13)9-21-17(23)10-22-18(24)14-6-15(19)8-16(20)7-14/h2-8H,9-11H2,1H3,(H,21,23)(H,22,24). The lowest BCUT2D eigenvalue weighted by atomic mass is 10.1. The van der Waals surface area contributed by atoms with Gasteiger partial charge in [0.25, 0.3) is 5.91 Å². The van der Waals surface area contributed by atoms with Crippen LogP contribution in [0.15, 0.2) is 42.5 Å². The first-order chi connectivity index (χ1) is 12.0. The molecule has 2 N–H and O–H groups in total. The summed E-state index contributed by atoms with van der Waals surface area (Å²) in [5.41, 5.74) is 1.69. The van der Waals surface area contributed by atoms with Gasteiger partial charge in [0.05, 0.1) is 13.2 Å². The van der Waals surface area contributed by atoms with Crippen LogP contribution in [0.1, 0.15) is 21.5 Å². The molecule has 0 spiro atoms. The number of carbonyl (C=O) groups excluding carboxylic acids is 2. The largest absolute Gasteiger partial charge is 0.380 e. The van der Waals surface area contributed by atoms with Gasteiger partial charge in [-0.2, -0.15) is 0 Å². The fourth-order valence-electron chi connectivity index (χ4n) is 2.21. The topological polar surface area (TPSA) is 67.4 Å². The van der Waals surface area contributed by atoms with Crippen molar-refractivity contribution in [3.8, 4) is 0 Å². The van der Waals surface area contributed by atoms with E-state index in [-0.39, 0.29) is 12.1 Å². The maximum atomic E-state index is 13.1. The number of halogens is 2. The Morgan fingerprint density at radius 1 is 1.00 bits per heavy atom. The Morgan fingerprint density at radius 2 is 1.68 bits per heavy atom. The molecular formula is C18H18F2N2O3. The molecule has 0 aliphatic rings. The Labute approximate surface area is 144 Å². The van der Waals surface area contributed by atoms with Crippen LogP contribution in [0.2, 0.25) is 0 Å². The first kappa shape index (κ1) is 18.5. The van der Waals surface area contributed by atoms with Crippen molar-refractivity contribution < 1.29 is 23.1 Å². The van der Waals surface area contributed by atoms with Crippen molar-refractivity contribution in [2.24, 2.45) is 0 Å². The summed E-state index contributed by atoms with van der Waals surface area (Å²) in [5.74, 6) is -2.85. The molecule has 0 unspecified atom stereocenters. The van der Waals surface area contributed by atoms with Crippen LogP contribution in [-0.4, -0.2) is 25.5 Å². The molecule has 0 atom stereocenters. The molecule has 0 aliphatic carbocycles. The SMILES string of the molecule is COCc1cccc(CNC(=O)CNC(=O)c2cc(F)cc(F)c2)c1. The van der Waals surface area contributed by atoms with Gasteiger partial charge in [0.2, 0.25) is 5.91 Å². The summed E-state index contributed by atoms with van der Waals surface area (Å²) in [5, 5.41) is 4.97. The maximum absolute atomic E-state index is 13.1. The fourth-order valence-corrected chi connectivity index (χ4v) is 2.21. The van der Waals surface area contributed by atoms with Crippen molar-refractivity contribution in [2.45, 2.75) is 13.2 Å². The van der Waals surface area contributed by atoms with E-state index in [4.69, 9.17) is 4.74 Å². The molecule has 2 aromatic rings. The van der Waals surface area contributed by atoms with E-state index in [1.807, 2.05) is 24.3 Å². The van der Waals surface area contributed by atoms with Gasteiger partial charge in [-0.15, -0.1) is 0 Å². The molecule has 0 heterocycles. The van der Waals surface area contributed by atoms with Crippen molar-refractivity contribution >= 4 is 11.8 Å². The molecule has 0 aromatic heterocycles. The highest BCUT2D eigenvalue weighted by molar-refractivity contribution is 5.96. The third-order valence-electron chi connectivity index (χ3n) is 3.33. The third kappa shape index (κ3) is 5.96. The van der Waals surface area contributed by atoms with Crippen LogP contribution in [0.25, 0.3) is 0 Å². The molecule has 25 heavy (non-hydrogen) atoms. The molecule has 2 aromatic carbocycles. The van der Waals surface area contributed by atoms with Gasteiger partial charge in [0, 0.05) is 25.3 Å². The number of methoxy groups -OCH3 is 1. The summed E-state index contributed by atoms with van der Waals surface area (Å²) in [7, 11) is 1.60. The van der Waals surface area contributed by atoms with Crippen LogP contribution in [0, 0.1) is 11.6 Å². The van der Waals surface area contributed by atoms with Crippen molar-refractivity contribution in [1.29, 1.82) is 0 Å². The lowest BCUT2D eigenvalue weighted by Gasteiger charge is -2.08. The van der Waals surface area contributed by atoms with E-state index in [1.165, 1.54) is 0 Å². The summed E-state index contributed by atoms with van der Waals surface area (Å²) in [6, 6.07) is 9.99. The second-order valence-electron chi connectivity index (χ2n) is 5.37. The Hall–Kier alpha value is -2.80. The van der Waals surface area contributed by atoms with E-state index in [1.54, 1.807) is 7.11 Å². The van der Waals surface area contributed by atoms with Crippen LogP contribution in [0.3, 0.4) is 0 Å². The Bertz CT molecular complexity index is 745. The zero-order valence-electron chi connectivity index (χ0n) is 13.6. The minimum atomic E-state index is -0.856. The highest BCUT2D eigenvalue weighted by Gasteiger charge is 2.10. The average molecular weight is 348 g/mol. The van der Waals surface area contributed by atoms with Crippen LogP contribution >= 0.6 is 0 Å². The number of benzene rings is 2. The average Bonchev–Trinajstić information content (AvgIpc) is 2.57. The molecule has 0 saturated carbocycles. The lowest BCUT2D eigenvalue weighted by molar-refractivity contribution is -0.120. The van der Waals surface area contributed by atoms with Crippen LogP contribution in [-0.2, 0) is 22.7 Å². The van der Waals surface area contributed by atoms with E-state index in [2.05, 4.69) is 10.6 Å². The number of hydrogen-bond acceptors (Lipinski definition) is 3. The van der Waals surface area contributed by atoms with Crippen LogP contribution in [0.5, 0.6) is 0 Å². The fraction of sp³-hybridized carbons (Fsp3) is 0.222. The van der Waals surface area contributed by atoms with Crippen molar-refractivity contribution in [3.63, 3.8) is 0 Å². The lowest BCUT2D eigenvalue weighted by Crippen LogP contribution is -2.36. The number of carbonyl (C=O) groups is 2. The zero-order valence-corrected chi connectivity index (χ0v) is 13.6. The molecule has 5 nitrogen and oxygen atoms in total. The first-order valence-corrected chi connectivity index (χ1v) is 7.55. The van der Waals surface area contributed by atoms with E-state index >= 15 is 0 Å². The number of amides is 2. The van der Waals surface area contributed by atoms with Gasteiger partial charge >= 0.3 is 0 Å². The molecule has 2 rings (SSSR count). The molecular weight excluding hydrogens is 330 g/mol. The predicted octanol–water partition coefficient (Wildman–Crippen LogP) is 2.16. The van der Waals surface area contributed by atoms with Crippen molar-refractivity contribution in [1.82, 2.24) is 10.6 Å². The van der Waals surface area contributed by atoms with E-state index < -0.39 is 23.4 Å². The highest BCUT2D eigenvalue weighted by atomic mass is 19.1. The molecule has 0 saturated heterocycles. The summed E-state index contributed by atoms with van der Waals surface area (Å²) in [6.07, 6.45) is 0. The number of rotatable bonds is 7. The maximum Gasteiger partial charge on any atom is 0.251 e. The predicted molar refractivity (Wildman–Crippen MR) is 87.7 cm³/mol. The van der Waals surface area contributed by atoms with Gasteiger partial charge in [-0.1, -0.05) is 24.3 Å². The molecule has 132 valence electrons. The second-order valence-corrected chi connectivity index (χ2v) is 5.37. The van der Waals surface area contributed by atoms with Gasteiger partial charge in [-0.05, 0) is 23.3 Å². The van der Waals surface area contributed by atoms with Gasteiger partial charge in [-0.3, -0.25) is 9.59 Å². The van der Waals surface area contributed by atoms with Gasteiger partial charge in [0.15, 0.2) is 0 Å². The molecule has 7 heteroatoms. The van der Waals surface area contributed by atoms with Crippen LogP contribution in [0.4, 0.5) is 8.78 Å². The monoisotopic (exact) mass is 348 g/mol. The summed E-state index contributed by atoms with van der Waals surface area (Å²) >= 11 is 0. The normalized spacial score (nSPS) is 10.4. The third-order valence-corrected chi connectivity index (χ3v) is 3.33. The van der Waals surface area contributed by atoms with Crippen LogP contribution < -0.4 is 10.6 Å². The Kier molecular flexibility index (Phi) is 6.59. The molecule has 0 bridgehead atoms. The number of ether oxygens (including phenoxy) is 1. The van der Waals surface area contributed by atoms with E-state index in [9.17, 15) is 18.4 Å². The van der Waals surface area contributed by atoms with Crippen molar-refractivity contribution in [3.05, 3.63) is 70.8 Å². The first-order valence-electron chi connectivity index (χ1n) is 7.55. The van der Waals surface area contributed by atoms with Gasteiger partial charge in [0.1, 0.15) is 11.6 Å². The second kappa shape index (κ2) is 8.89. The Morgan fingerprint density at radius 3 is 2.36 bits per heavy atom. The zero-order chi connectivity index (χ0) is 18.2. The Balaban J connectivity index is 1.82. The summed E-state index contributed by atoms with van der Waals surface area (Å²) in [4.78, 5) is 23.6. The molecule has 0 radical (unpaired) electrons. The molecule has 2 amide bonds. The van der Waals surface area contributed by atoms with E-state index in [0.717, 1.165) is 23.3 Å². The van der Waals surface area contributed by atoms with Crippen molar-refractivity contribution in [2.75, 3.05) is 13.7 Å². The van der Waals surface area contributed by atoms with Gasteiger partial charge in [-0.25, -0.2) is 8.78 Å². The minimum absolute atomic E-state index is 0.183. The summed E-state index contributed by atoms with van der Waals surface area (Å²) in [6.45, 7) is 0.470. The smallest absolute Gasteiger partial charge is 0.251 e.